The smallest absolute Gasteiger partial charge is 0.344 e. The molecule has 0 heterocycles. The molecule has 7 heteroatoms. The number of esters is 1. The van der Waals surface area contributed by atoms with Gasteiger partial charge < -0.3 is 14.8 Å². The molecule has 0 saturated carbocycles. The predicted octanol–water partition coefficient (Wildman–Crippen LogP) is 3.85. The molecule has 2 rings (SSSR count). The lowest BCUT2D eigenvalue weighted by Gasteiger charge is -2.09. The minimum absolute atomic E-state index is 0.214. The summed E-state index contributed by atoms with van der Waals surface area (Å²) in [7, 11) is 0. The standard InChI is InChI=1S/C19H19Cl2NO4/c1-12-3-6-16(7-13(12)2)25-11-19(24)26-10-18(23)22-9-14-4-5-15(20)8-17(14)21/h3-8H,9-11H2,1-2H3,(H,22,23). The molecule has 0 saturated heterocycles. The number of amides is 1. The van der Waals surface area contributed by atoms with Crippen LogP contribution in [0.1, 0.15) is 16.7 Å². The summed E-state index contributed by atoms with van der Waals surface area (Å²) in [6.07, 6.45) is 0. The minimum atomic E-state index is -0.622. The van der Waals surface area contributed by atoms with E-state index in [2.05, 4.69) is 5.32 Å². The fourth-order valence-electron chi connectivity index (χ4n) is 2.04. The molecule has 0 bridgehead atoms. The van der Waals surface area contributed by atoms with Crippen LogP contribution in [0.4, 0.5) is 0 Å². The van der Waals surface area contributed by atoms with Gasteiger partial charge >= 0.3 is 5.97 Å². The maximum atomic E-state index is 11.8. The van der Waals surface area contributed by atoms with Gasteiger partial charge in [-0.05, 0) is 54.8 Å². The van der Waals surface area contributed by atoms with Crippen molar-refractivity contribution in [3.8, 4) is 5.75 Å². The van der Waals surface area contributed by atoms with Gasteiger partial charge in [0.05, 0.1) is 0 Å². The number of carbonyl (C=O) groups excluding carboxylic acids is 2. The van der Waals surface area contributed by atoms with Crippen LogP contribution in [0.2, 0.25) is 10.0 Å². The van der Waals surface area contributed by atoms with Gasteiger partial charge in [-0.3, -0.25) is 4.79 Å². The molecule has 1 amide bonds. The summed E-state index contributed by atoms with van der Waals surface area (Å²) in [5.74, 6) is -0.481. The Kier molecular flexibility index (Phi) is 7.30. The molecule has 0 spiro atoms. The van der Waals surface area contributed by atoms with Crippen molar-refractivity contribution in [2.24, 2.45) is 0 Å². The van der Waals surface area contributed by atoms with Gasteiger partial charge in [-0.1, -0.05) is 35.3 Å². The van der Waals surface area contributed by atoms with E-state index < -0.39 is 11.9 Å². The van der Waals surface area contributed by atoms with Crippen LogP contribution in [-0.4, -0.2) is 25.1 Å². The Morgan fingerprint density at radius 3 is 2.46 bits per heavy atom. The number of hydrogen-bond acceptors (Lipinski definition) is 4. The first kappa shape index (κ1) is 20.1. The number of ether oxygens (including phenoxy) is 2. The molecule has 0 radical (unpaired) electrons. The van der Waals surface area contributed by atoms with Gasteiger partial charge in [-0.25, -0.2) is 4.79 Å². The number of halogens is 2. The third-order valence-electron chi connectivity index (χ3n) is 3.69. The van der Waals surface area contributed by atoms with Gasteiger partial charge in [0.15, 0.2) is 13.2 Å². The monoisotopic (exact) mass is 395 g/mol. The minimum Gasteiger partial charge on any atom is -0.482 e. The van der Waals surface area contributed by atoms with Gasteiger partial charge in [-0.2, -0.15) is 0 Å². The second-order valence-corrected chi connectivity index (χ2v) is 6.55. The van der Waals surface area contributed by atoms with Crippen molar-refractivity contribution in [3.63, 3.8) is 0 Å². The molecule has 0 aliphatic rings. The second-order valence-electron chi connectivity index (χ2n) is 5.71. The Morgan fingerprint density at radius 1 is 1.00 bits per heavy atom. The number of rotatable bonds is 7. The Bertz CT molecular complexity index is 808. The largest absolute Gasteiger partial charge is 0.482 e. The lowest BCUT2D eigenvalue weighted by Crippen LogP contribution is -2.29. The predicted molar refractivity (Wildman–Crippen MR) is 101 cm³/mol. The third kappa shape index (κ3) is 6.24. The Hall–Kier alpha value is -2.24. The van der Waals surface area contributed by atoms with Crippen molar-refractivity contribution in [2.75, 3.05) is 13.2 Å². The SMILES string of the molecule is Cc1ccc(OCC(=O)OCC(=O)NCc2ccc(Cl)cc2Cl)cc1C. The molecule has 0 aromatic heterocycles. The van der Waals surface area contributed by atoms with Crippen LogP contribution in [0.5, 0.6) is 5.75 Å². The Labute approximate surface area is 162 Å². The van der Waals surface area contributed by atoms with Crippen molar-refractivity contribution in [1.82, 2.24) is 5.32 Å². The summed E-state index contributed by atoms with van der Waals surface area (Å²) >= 11 is 11.8. The van der Waals surface area contributed by atoms with Gasteiger partial charge in [0.25, 0.3) is 5.91 Å². The number of carbonyl (C=O) groups is 2. The van der Waals surface area contributed by atoms with Crippen LogP contribution < -0.4 is 10.1 Å². The summed E-state index contributed by atoms with van der Waals surface area (Å²) in [4.78, 5) is 23.4. The molecule has 0 atom stereocenters. The lowest BCUT2D eigenvalue weighted by atomic mass is 10.1. The van der Waals surface area contributed by atoms with Crippen LogP contribution in [-0.2, 0) is 20.9 Å². The highest BCUT2D eigenvalue weighted by atomic mass is 35.5. The maximum absolute atomic E-state index is 11.8. The number of nitrogens with one attached hydrogen (secondary N) is 1. The molecule has 138 valence electrons. The highest BCUT2D eigenvalue weighted by molar-refractivity contribution is 6.35. The van der Waals surface area contributed by atoms with Crippen LogP contribution in [0.15, 0.2) is 36.4 Å². The molecule has 0 aliphatic heterocycles. The van der Waals surface area contributed by atoms with Crippen LogP contribution >= 0.6 is 23.2 Å². The molecule has 0 aliphatic carbocycles. The van der Waals surface area contributed by atoms with E-state index >= 15 is 0 Å². The molecular weight excluding hydrogens is 377 g/mol. The summed E-state index contributed by atoms with van der Waals surface area (Å²) in [5, 5.41) is 3.59. The summed E-state index contributed by atoms with van der Waals surface area (Å²) < 4.78 is 10.2. The summed E-state index contributed by atoms with van der Waals surface area (Å²) in [6, 6.07) is 10.5. The van der Waals surface area contributed by atoms with Crippen LogP contribution in [0, 0.1) is 13.8 Å². The first-order chi connectivity index (χ1) is 12.3. The van der Waals surface area contributed by atoms with E-state index in [4.69, 9.17) is 32.7 Å². The van der Waals surface area contributed by atoms with E-state index in [1.54, 1.807) is 24.3 Å². The Morgan fingerprint density at radius 2 is 1.77 bits per heavy atom. The summed E-state index contributed by atoms with van der Waals surface area (Å²) in [5.41, 5.74) is 2.92. The lowest BCUT2D eigenvalue weighted by molar-refractivity contribution is -0.150. The molecule has 2 aromatic carbocycles. The number of benzene rings is 2. The van der Waals surface area contributed by atoms with E-state index in [1.807, 2.05) is 26.0 Å². The van der Waals surface area contributed by atoms with Gasteiger partial charge in [0.1, 0.15) is 5.75 Å². The van der Waals surface area contributed by atoms with E-state index in [-0.39, 0.29) is 19.8 Å². The van der Waals surface area contributed by atoms with E-state index in [0.717, 1.165) is 11.1 Å². The number of hydrogen-bond donors (Lipinski definition) is 1. The first-order valence-corrected chi connectivity index (χ1v) is 8.67. The molecule has 5 nitrogen and oxygen atoms in total. The average Bonchev–Trinajstić information content (AvgIpc) is 2.60. The zero-order chi connectivity index (χ0) is 19.1. The average molecular weight is 396 g/mol. The molecule has 1 N–H and O–H groups in total. The quantitative estimate of drug-likeness (QED) is 0.723. The zero-order valence-corrected chi connectivity index (χ0v) is 16.0. The van der Waals surface area contributed by atoms with Crippen molar-refractivity contribution >= 4 is 35.1 Å². The van der Waals surface area contributed by atoms with E-state index in [9.17, 15) is 9.59 Å². The fraction of sp³-hybridized carbons (Fsp3) is 0.263. The van der Waals surface area contributed by atoms with Crippen LogP contribution in [0.3, 0.4) is 0 Å². The molecular formula is C19H19Cl2NO4. The third-order valence-corrected chi connectivity index (χ3v) is 4.28. The number of aryl methyl sites for hydroxylation is 2. The normalized spacial score (nSPS) is 10.3. The topological polar surface area (TPSA) is 64.6 Å². The summed E-state index contributed by atoms with van der Waals surface area (Å²) in [6.45, 7) is 3.51. The van der Waals surface area contributed by atoms with Crippen molar-refractivity contribution < 1.29 is 19.1 Å². The van der Waals surface area contributed by atoms with Crippen molar-refractivity contribution in [1.29, 1.82) is 0 Å². The zero-order valence-electron chi connectivity index (χ0n) is 14.5. The van der Waals surface area contributed by atoms with Crippen molar-refractivity contribution in [3.05, 3.63) is 63.1 Å². The van der Waals surface area contributed by atoms with Gasteiger partial charge in [-0.15, -0.1) is 0 Å². The maximum Gasteiger partial charge on any atom is 0.344 e. The van der Waals surface area contributed by atoms with E-state index in [1.165, 1.54) is 0 Å². The van der Waals surface area contributed by atoms with Crippen molar-refractivity contribution in [2.45, 2.75) is 20.4 Å². The molecule has 2 aromatic rings. The van der Waals surface area contributed by atoms with Gasteiger partial charge in [0, 0.05) is 16.6 Å². The Balaban J connectivity index is 1.71. The highest BCUT2D eigenvalue weighted by Crippen LogP contribution is 2.20. The fourth-order valence-corrected chi connectivity index (χ4v) is 2.52. The molecule has 0 fully saturated rings. The van der Waals surface area contributed by atoms with Gasteiger partial charge in [0.2, 0.25) is 0 Å². The highest BCUT2D eigenvalue weighted by Gasteiger charge is 2.10. The second kappa shape index (κ2) is 9.46. The molecule has 26 heavy (non-hydrogen) atoms. The van der Waals surface area contributed by atoms with Crippen LogP contribution in [0.25, 0.3) is 0 Å². The molecule has 0 unspecified atom stereocenters. The van der Waals surface area contributed by atoms with E-state index in [0.29, 0.717) is 21.4 Å². The first-order valence-electron chi connectivity index (χ1n) is 7.91.